The van der Waals surface area contributed by atoms with Crippen molar-refractivity contribution in [2.45, 2.75) is 19.8 Å². The number of rotatable bonds is 5. The van der Waals surface area contributed by atoms with Gasteiger partial charge in [-0.2, -0.15) is 0 Å². The van der Waals surface area contributed by atoms with Gasteiger partial charge in [-0.3, -0.25) is 9.20 Å². The fourth-order valence-corrected chi connectivity index (χ4v) is 2.69. The highest BCUT2D eigenvalue weighted by molar-refractivity contribution is 5.87. The number of aromatic nitrogens is 2. The van der Waals surface area contributed by atoms with E-state index in [9.17, 15) is 14.0 Å². The van der Waals surface area contributed by atoms with Crippen molar-refractivity contribution in [3.8, 4) is 0 Å². The molecule has 1 aromatic carbocycles. The Hall–Kier alpha value is -3.28. The number of carboxylic acids is 1. The van der Waals surface area contributed by atoms with Gasteiger partial charge in [0.05, 0.1) is 11.3 Å². The number of hydrogen-bond donors (Lipinski definition) is 1. The van der Waals surface area contributed by atoms with E-state index in [4.69, 9.17) is 5.11 Å². The zero-order valence-electron chi connectivity index (χ0n) is 14.1. The minimum Gasteiger partial charge on any atom is -0.478 e. The molecule has 2 heterocycles. The van der Waals surface area contributed by atoms with Crippen molar-refractivity contribution in [1.82, 2.24) is 9.38 Å². The molecule has 6 heteroatoms. The average molecular weight is 352 g/mol. The van der Waals surface area contributed by atoms with E-state index in [1.807, 2.05) is 6.92 Å². The molecular formula is C20H17FN2O3. The Bertz CT molecular complexity index is 1050. The third-order valence-corrected chi connectivity index (χ3v) is 4.00. The van der Waals surface area contributed by atoms with Gasteiger partial charge in [0, 0.05) is 11.8 Å². The molecule has 0 aliphatic rings. The van der Waals surface area contributed by atoms with Crippen molar-refractivity contribution in [2.75, 3.05) is 0 Å². The van der Waals surface area contributed by atoms with Crippen LogP contribution in [0.5, 0.6) is 0 Å². The van der Waals surface area contributed by atoms with E-state index in [-0.39, 0.29) is 16.9 Å². The first kappa shape index (κ1) is 17.5. The van der Waals surface area contributed by atoms with Crippen LogP contribution >= 0.6 is 0 Å². The van der Waals surface area contributed by atoms with Crippen molar-refractivity contribution in [3.63, 3.8) is 0 Å². The molecule has 0 saturated carbocycles. The SMILES string of the molecule is CCCc1c(C=Cc2ccc(F)cc2)nc2ccc(C(=O)O)cn2c1=O. The topological polar surface area (TPSA) is 71.7 Å². The lowest BCUT2D eigenvalue weighted by Gasteiger charge is -2.08. The molecule has 0 aliphatic heterocycles. The Labute approximate surface area is 149 Å². The van der Waals surface area contributed by atoms with Gasteiger partial charge in [0.2, 0.25) is 0 Å². The van der Waals surface area contributed by atoms with Crippen molar-refractivity contribution < 1.29 is 14.3 Å². The molecule has 0 spiro atoms. The fraction of sp³-hybridized carbons (Fsp3) is 0.150. The first-order valence-electron chi connectivity index (χ1n) is 8.22. The Balaban J connectivity index is 2.13. The molecule has 0 fully saturated rings. The van der Waals surface area contributed by atoms with E-state index in [0.29, 0.717) is 23.3 Å². The van der Waals surface area contributed by atoms with E-state index in [0.717, 1.165) is 12.0 Å². The van der Waals surface area contributed by atoms with E-state index < -0.39 is 5.97 Å². The van der Waals surface area contributed by atoms with Gasteiger partial charge in [-0.1, -0.05) is 31.6 Å². The van der Waals surface area contributed by atoms with Gasteiger partial charge in [-0.15, -0.1) is 0 Å². The molecule has 1 N–H and O–H groups in total. The predicted octanol–water partition coefficient (Wildman–Crippen LogP) is 3.65. The zero-order valence-corrected chi connectivity index (χ0v) is 14.1. The molecule has 0 atom stereocenters. The summed E-state index contributed by atoms with van der Waals surface area (Å²) in [6, 6.07) is 8.93. The number of fused-ring (bicyclic) bond motifs is 1. The summed E-state index contributed by atoms with van der Waals surface area (Å²) in [6.45, 7) is 1.95. The molecule has 0 aliphatic carbocycles. The quantitative estimate of drug-likeness (QED) is 0.761. The molecule has 3 aromatic rings. The second kappa shape index (κ2) is 7.31. The van der Waals surface area contributed by atoms with Gasteiger partial charge in [-0.05, 0) is 42.3 Å². The van der Waals surface area contributed by atoms with Crippen LogP contribution in [0.1, 0.15) is 40.5 Å². The monoisotopic (exact) mass is 352 g/mol. The Morgan fingerprint density at radius 3 is 2.58 bits per heavy atom. The van der Waals surface area contributed by atoms with Crippen LogP contribution in [0.4, 0.5) is 4.39 Å². The van der Waals surface area contributed by atoms with Gasteiger partial charge >= 0.3 is 5.97 Å². The van der Waals surface area contributed by atoms with Crippen LogP contribution in [0.3, 0.4) is 0 Å². The second-order valence-corrected chi connectivity index (χ2v) is 5.87. The lowest BCUT2D eigenvalue weighted by atomic mass is 10.1. The van der Waals surface area contributed by atoms with Crippen LogP contribution in [-0.2, 0) is 6.42 Å². The van der Waals surface area contributed by atoms with Gasteiger partial charge in [-0.25, -0.2) is 14.2 Å². The van der Waals surface area contributed by atoms with Crippen LogP contribution < -0.4 is 5.56 Å². The summed E-state index contributed by atoms with van der Waals surface area (Å²) in [7, 11) is 0. The summed E-state index contributed by atoms with van der Waals surface area (Å²) in [5.74, 6) is -1.42. The maximum atomic E-state index is 13.0. The molecular weight excluding hydrogens is 335 g/mol. The number of carbonyl (C=O) groups is 1. The fourth-order valence-electron chi connectivity index (χ4n) is 2.69. The summed E-state index contributed by atoms with van der Waals surface area (Å²) in [4.78, 5) is 28.5. The molecule has 0 radical (unpaired) electrons. The number of hydrogen-bond acceptors (Lipinski definition) is 3. The van der Waals surface area contributed by atoms with Crippen molar-refractivity contribution in [1.29, 1.82) is 0 Å². The van der Waals surface area contributed by atoms with Crippen LogP contribution in [0.2, 0.25) is 0 Å². The number of benzene rings is 1. The van der Waals surface area contributed by atoms with Gasteiger partial charge in [0.25, 0.3) is 5.56 Å². The number of nitrogens with zero attached hydrogens (tertiary/aromatic N) is 2. The van der Waals surface area contributed by atoms with Crippen molar-refractivity contribution in [2.24, 2.45) is 0 Å². The predicted molar refractivity (Wildman–Crippen MR) is 97.7 cm³/mol. The van der Waals surface area contributed by atoms with E-state index in [2.05, 4.69) is 4.98 Å². The molecule has 132 valence electrons. The van der Waals surface area contributed by atoms with Gasteiger partial charge < -0.3 is 5.11 Å². The highest BCUT2D eigenvalue weighted by Gasteiger charge is 2.12. The van der Waals surface area contributed by atoms with Crippen molar-refractivity contribution in [3.05, 3.63) is 81.2 Å². The smallest absolute Gasteiger partial charge is 0.337 e. The first-order chi connectivity index (χ1) is 12.5. The van der Waals surface area contributed by atoms with E-state index in [1.54, 1.807) is 24.3 Å². The summed E-state index contributed by atoms with van der Waals surface area (Å²) >= 11 is 0. The Morgan fingerprint density at radius 2 is 1.92 bits per heavy atom. The molecule has 5 nitrogen and oxygen atoms in total. The maximum Gasteiger partial charge on any atom is 0.337 e. The minimum absolute atomic E-state index is 0.0263. The largest absolute Gasteiger partial charge is 0.478 e. The third kappa shape index (κ3) is 3.54. The van der Waals surface area contributed by atoms with Crippen LogP contribution in [0.25, 0.3) is 17.8 Å². The normalized spacial score (nSPS) is 11.3. The molecule has 26 heavy (non-hydrogen) atoms. The number of carboxylic acid groups (broad SMARTS) is 1. The molecule has 2 aromatic heterocycles. The van der Waals surface area contributed by atoms with Gasteiger partial charge in [0.1, 0.15) is 11.5 Å². The first-order valence-corrected chi connectivity index (χ1v) is 8.22. The third-order valence-electron chi connectivity index (χ3n) is 4.00. The summed E-state index contributed by atoms with van der Waals surface area (Å²) in [5.41, 5.74) is 1.96. The molecule has 0 amide bonds. The number of aromatic carboxylic acids is 1. The Morgan fingerprint density at radius 1 is 1.19 bits per heavy atom. The highest BCUT2D eigenvalue weighted by atomic mass is 19.1. The Kier molecular flexibility index (Phi) is 4.93. The average Bonchev–Trinajstić information content (AvgIpc) is 2.63. The molecule has 0 saturated heterocycles. The highest BCUT2D eigenvalue weighted by Crippen LogP contribution is 2.13. The lowest BCUT2D eigenvalue weighted by molar-refractivity contribution is 0.0696. The summed E-state index contributed by atoms with van der Waals surface area (Å²) < 4.78 is 14.3. The zero-order chi connectivity index (χ0) is 18.7. The second-order valence-electron chi connectivity index (χ2n) is 5.87. The number of pyridine rings is 1. The summed E-state index contributed by atoms with van der Waals surface area (Å²) in [6.07, 6.45) is 6.06. The van der Waals surface area contributed by atoms with Crippen LogP contribution in [-0.4, -0.2) is 20.5 Å². The van der Waals surface area contributed by atoms with E-state index >= 15 is 0 Å². The van der Waals surface area contributed by atoms with Gasteiger partial charge in [0.15, 0.2) is 0 Å². The summed E-state index contributed by atoms with van der Waals surface area (Å²) in [5, 5.41) is 9.12. The van der Waals surface area contributed by atoms with Crippen LogP contribution in [0, 0.1) is 5.82 Å². The van der Waals surface area contributed by atoms with Crippen molar-refractivity contribution >= 4 is 23.8 Å². The lowest BCUT2D eigenvalue weighted by Crippen LogP contribution is -2.22. The number of halogens is 1. The van der Waals surface area contributed by atoms with E-state index in [1.165, 1.54) is 34.9 Å². The molecule has 0 unspecified atom stereocenters. The minimum atomic E-state index is -1.10. The molecule has 3 rings (SSSR count). The maximum absolute atomic E-state index is 13.0. The molecule has 0 bridgehead atoms. The van der Waals surface area contributed by atoms with Crippen LogP contribution in [0.15, 0.2) is 47.4 Å². The standard InChI is InChI=1S/C20H17FN2O3/c1-2-3-16-17(10-6-13-4-8-15(21)9-5-13)22-18-11-7-14(20(25)26)12-23(18)19(16)24/h4-12H,2-3H2,1H3,(H,25,26).